The molecule has 0 spiro atoms. The second-order valence-electron chi connectivity index (χ2n) is 6.63. The normalized spacial score (nSPS) is 10.7. The van der Waals surface area contributed by atoms with Crippen LogP contribution in [0.4, 0.5) is 24.7 Å². The van der Waals surface area contributed by atoms with Crippen molar-refractivity contribution in [2.75, 3.05) is 30.3 Å². The minimum atomic E-state index is -1.69. The van der Waals surface area contributed by atoms with Gasteiger partial charge in [0.15, 0.2) is 17.5 Å². The number of anilines is 2. The third kappa shape index (κ3) is 5.39. The Hall–Kier alpha value is -3.32. The van der Waals surface area contributed by atoms with Gasteiger partial charge in [-0.2, -0.15) is 5.26 Å². The molecule has 30 heavy (non-hydrogen) atoms. The van der Waals surface area contributed by atoms with Gasteiger partial charge in [-0.1, -0.05) is 6.92 Å². The van der Waals surface area contributed by atoms with Crippen LogP contribution in [0, 0.1) is 42.6 Å². The van der Waals surface area contributed by atoms with Gasteiger partial charge in [0.25, 0.3) is 0 Å². The molecule has 1 aromatic heterocycles. The molecule has 1 aromatic carbocycles. The largest absolute Gasteiger partial charge is 0.444 e. The number of nitriles is 1. The summed E-state index contributed by atoms with van der Waals surface area (Å²) in [7, 11) is 0. The highest BCUT2D eigenvalue weighted by atomic mass is 19.2. The van der Waals surface area contributed by atoms with Gasteiger partial charge < -0.3 is 9.73 Å². The number of nitrogens with zero attached hydrogens (tertiary/aromatic N) is 2. The van der Waals surface area contributed by atoms with Gasteiger partial charge in [0.1, 0.15) is 17.4 Å². The van der Waals surface area contributed by atoms with Gasteiger partial charge in [0.2, 0.25) is 17.7 Å². The number of carbonyl (C=O) groups excluding carboxylic acids is 2. The van der Waals surface area contributed by atoms with E-state index in [9.17, 15) is 28.0 Å². The van der Waals surface area contributed by atoms with Gasteiger partial charge in [0, 0.05) is 5.56 Å². The van der Waals surface area contributed by atoms with Crippen molar-refractivity contribution in [2.45, 2.75) is 27.2 Å². The summed E-state index contributed by atoms with van der Waals surface area (Å²) in [4.78, 5) is 26.0. The standard InChI is InChI=1S/C20H21F3N4O3/c1-4-7-27(9-16(28)25-15-6-5-14(21)18(22)19(15)23)10-17(29)26-20-13(8-24)11(2)12(3)30-20/h5-6H,4,7,9-10H2,1-3H3,(H,25,28)(H,26,29). The lowest BCUT2D eigenvalue weighted by molar-refractivity contribution is -0.120. The second-order valence-corrected chi connectivity index (χ2v) is 6.63. The zero-order valence-corrected chi connectivity index (χ0v) is 16.7. The quantitative estimate of drug-likeness (QED) is 0.635. The maximum atomic E-state index is 13.7. The van der Waals surface area contributed by atoms with E-state index < -0.39 is 35.0 Å². The summed E-state index contributed by atoms with van der Waals surface area (Å²) in [5.41, 5.74) is 0.334. The van der Waals surface area contributed by atoms with Crippen LogP contribution >= 0.6 is 0 Å². The lowest BCUT2D eigenvalue weighted by Gasteiger charge is -2.20. The lowest BCUT2D eigenvalue weighted by atomic mass is 10.2. The fraction of sp³-hybridized carbons (Fsp3) is 0.350. The molecule has 7 nitrogen and oxygen atoms in total. The number of carbonyl (C=O) groups is 2. The number of aryl methyl sites for hydroxylation is 1. The Morgan fingerprint density at radius 3 is 2.33 bits per heavy atom. The van der Waals surface area contributed by atoms with E-state index in [0.717, 1.165) is 6.07 Å². The SMILES string of the molecule is CCCN(CC(=O)Nc1ccc(F)c(F)c1F)CC(=O)Nc1oc(C)c(C)c1C#N. The smallest absolute Gasteiger partial charge is 0.240 e. The maximum Gasteiger partial charge on any atom is 0.240 e. The molecule has 2 rings (SSSR count). The summed E-state index contributed by atoms with van der Waals surface area (Å²) in [6.07, 6.45) is 0.614. The van der Waals surface area contributed by atoms with Crippen molar-refractivity contribution in [1.29, 1.82) is 5.26 Å². The van der Waals surface area contributed by atoms with Crippen molar-refractivity contribution in [3.05, 3.63) is 46.5 Å². The van der Waals surface area contributed by atoms with Crippen LogP contribution in [0.25, 0.3) is 0 Å². The summed E-state index contributed by atoms with van der Waals surface area (Å²) < 4.78 is 45.4. The molecule has 0 aliphatic heterocycles. The van der Waals surface area contributed by atoms with Gasteiger partial charge in [-0.3, -0.25) is 19.8 Å². The fourth-order valence-corrected chi connectivity index (χ4v) is 2.76. The predicted molar refractivity (Wildman–Crippen MR) is 103 cm³/mol. The van der Waals surface area contributed by atoms with Gasteiger partial charge >= 0.3 is 0 Å². The van der Waals surface area contributed by atoms with Gasteiger partial charge in [-0.05, 0) is 38.9 Å². The first-order chi connectivity index (χ1) is 14.2. The van der Waals surface area contributed by atoms with Crippen molar-refractivity contribution in [1.82, 2.24) is 4.90 Å². The number of furan rings is 1. The Kier molecular flexibility index (Phi) is 7.60. The lowest BCUT2D eigenvalue weighted by Crippen LogP contribution is -2.39. The van der Waals surface area contributed by atoms with Crippen LogP contribution in [0.5, 0.6) is 0 Å². The van der Waals surface area contributed by atoms with Crippen LogP contribution in [0.3, 0.4) is 0 Å². The van der Waals surface area contributed by atoms with Crippen molar-refractivity contribution < 1.29 is 27.2 Å². The zero-order chi connectivity index (χ0) is 22.4. The number of amides is 2. The molecule has 0 radical (unpaired) electrons. The van der Waals surface area contributed by atoms with Gasteiger partial charge in [0.05, 0.1) is 18.8 Å². The number of nitrogens with one attached hydrogen (secondary N) is 2. The van der Waals surface area contributed by atoms with E-state index in [1.54, 1.807) is 13.8 Å². The summed E-state index contributed by atoms with van der Waals surface area (Å²) >= 11 is 0. The average Bonchev–Trinajstić information content (AvgIpc) is 2.95. The molecule has 10 heteroatoms. The molecule has 2 amide bonds. The summed E-state index contributed by atoms with van der Waals surface area (Å²) in [5, 5.41) is 13.9. The Morgan fingerprint density at radius 2 is 1.73 bits per heavy atom. The van der Waals surface area contributed by atoms with E-state index in [-0.39, 0.29) is 24.5 Å². The molecular weight excluding hydrogens is 401 g/mol. The number of benzene rings is 1. The third-order valence-electron chi connectivity index (χ3n) is 4.33. The van der Waals surface area contributed by atoms with Gasteiger partial charge in [-0.25, -0.2) is 13.2 Å². The average molecular weight is 422 g/mol. The number of rotatable bonds is 8. The molecule has 0 saturated carbocycles. The molecule has 0 fully saturated rings. The number of hydrogen-bond acceptors (Lipinski definition) is 5. The van der Waals surface area contributed by atoms with E-state index >= 15 is 0 Å². The Bertz CT molecular complexity index is 998. The Balaban J connectivity index is 2.03. The first-order valence-corrected chi connectivity index (χ1v) is 9.13. The van der Waals surface area contributed by atoms with Crippen LogP contribution in [0.2, 0.25) is 0 Å². The highest BCUT2D eigenvalue weighted by Gasteiger charge is 2.20. The van der Waals surface area contributed by atoms with Crippen molar-refractivity contribution in [3.8, 4) is 6.07 Å². The second kappa shape index (κ2) is 9.93. The van der Waals surface area contributed by atoms with Crippen LogP contribution in [-0.4, -0.2) is 36.3 Å². The summed E-state index contributed by atoms with van der Waals surface area (Å²) in [6, 6.07) is 3.57. The monoisotopic (exact) mass is 422 g/mol. The maximum absolute atomic E-state index is 13.7. The molecular formula is C20H21F3N4O3. The summed E-state index contributed by atoms with van der Waals surface area (Å²) in [5.74, 6) is -5.24. The molecule has 0 saturated heterocycles. The molecule has 0 unspecified atom stereocenters. The molecule has 1 heterocycles. The number of hydrogen-bond donors (Lipinski definition) is 2. The topological polar surface area (TPSA) is 98.4 Å². The van der Waals surface area contributed by atoms with E-state index in [1.165, 1.54) is 4.90 Å². The van der Waals surface area contributed by atoms with E-state index in [0.29, 0.717) is 30.4 Å². The van der Waals surface area contributed by atoms with Crippen LogP contribution < -0.4 is 10.6 Å². The van der Waals surface area contributed by atoms with Crippen molar-refractivity contribution in [3.63, 3.8) is 0 Å². The minimum absolute atomic E-state index is 0.0299. The van der Waals surface area contributed by atoms with E-state index in [2.05, 4.69) is 10.6 Å². The zero-order valence-electron chi connectivity index (χ0n) is 16.7. The molecule has 0 aliphatic carbocycles. The molecule has 2 N–H and O–H groups in total. The van der Waals surface area contributed by atoms with Crippen LogP contribution in [-0.2, 0) is 9.59 Å². The van der Waals surface area contributed by atoms with E-state index in [1.807, 2.05) is 13.0 Å². The number of halogens is 3. The van der Waals surface area contributed by atoms with Crippen LogP contribution in [0.15, 0.2) is 16.5 Å². The molecule has 160 valence electrons. The fourth-order valence-electron chi connectivity index (χ4n) is 2.76. The highest BCUT2D eigenvalue weighted by molar-refractivity contribution is 5.94. The molecule has 0 aliphatic rings. The van der Waals surface area contributed by atoms with Crippen molar-refractivity contribution in [2.24, 2.45) is 0 Å². The first-order valence-electron chi connectivity index (χ1n) is 9.13. The summed E-state index contributed by atoms with van der Waals surface area (Å²) in [6.45, 7) is 5.06. The molecule has 0 atom stereocenters. The minimum Gasteiger partial charge on any atom is -0.444 e. The first kappa shape index (κ1) is 23.0. The van der Waals surface area contributed by atoms with Crippen molar-refractivity contribution >= 4 is 23.4 Å². The third-order valence-corrected chi connectivity index (χ3v) is 4.33. The van der Waals surface area contributed by atoms with E-state index in [4.69, 9.17) is 4.42 Å². The van der Waals surface area contributed by atoms with Crippen LogP contribution in [0.1, 0.15) is 30.2 Å². The Labute approximate surface area is 171 Å². The predicted octanol–water partition coefficient (Wildman–Crippen LogP) is 3.47. The molecule has 2 aromatic rings. The Morgan fingerprint density at radius 1 is 1.10 bits per heavy atom. The highest BCUT2D eigenvalue weighted by Crippen LogP contribution is 2.25. The molecule has 0 bridgehead atoms. The van der Waals surface area contributed by atoms with Gasteiger partial charge in [-0.15, -0.1) is 0 Å².